The molecule has 0 aliphatic heterocycles. The Morgan fingerprint density at radius 1 is 1.15 bits per heavy atom. The van der Waals surface area contributed by atoms with Gasteiger partial charge in [-0.2, -0.15) is 0 Å². The molecule has 5 aromatic rings. The van der Waals surface area contributed by atoms with Crippen LogP contribution in [0.4, 0.5) is 0 Å². The highest BCUT2D eigenvalue weighted by Crippen LogP contribution is 2.33. The Bertz CT molecular complexity index is 1500. The van der Waals surface area contributed by atoms with E-state index in [2.05, 4.69) is 9.97 Å². The first-order valence-corrected chi connectivity index (χ1v) is 9.89. The molecule has 0 saturated heterocycles. The summed E-state index contributed by atoms with van der Waals surface area (Å²) in [6, 6.07) is 12.5. The number of imidazole rings is 1. The number of carbonyl (C=O) groups excluding carboxylic acids is 1. The summed E-state index contributed by atoms with van der Waals surface area (Å²) in [7, 11) is 6.92. The van der Waals surface area contributed by atoms with Crippen LogP contribution in [-0.4, -0.2) is 44.3 Å². The van der Waals surface area contributed by atoms with Crippen LogP contribution in [-0.2, 0) is 7.05 Å². The number of fused-ring (bicyclic) bond motifs is 2. The van der Waals surface area contributed by atoms with E-state index in [1.807, 2.05) is 41.3 Å². The number of ether oxygens (including phenoxy) is 1. The maximum Gasteiger partial charge on any atom is 0.258 e. The quantitative estimate of drug-likeness (QED) is 0.284. The Morgan fingerprint density at radius 3 is 2.73 bits per heavy atom. The smallest absolute Gasteiger partial charge is 0.258 e. The lowest BCUT2D eigenvalue weighted by Crippen LogP contribution is -2.48. The van der Waals surface area contributed by atoms with Crippen LogP contribution in [0.25, 0.3) is 33.1 Å². The average Bonchev–Trinajstić information content (AvgIpc) is 3.38. The van der Waals surface area contributed by atoms with Gasteiger partial charge < -0.3 is 29.3 Å². The van der Waals surface area contributed by atoms with E-state index in [-0.39, 0.29) is 5.56 Å². The molecule has 0 spiro atoms. The van der Waals surface area contributed by atoms with Crippen molar-refractivity contribution < 1.29 is 24.2 Å². The average molecular weight is 440 g/mol. The SMILES string of the molecule is [B]C(O)(O)NC(=O)c1coc2cc(Oc3ccnc4cc(-c5cn(C)cn5)ccc34)ccc12. The topological polar surface area (TPSA) is 123 Å². The second-order valence-corrected chi connectivity index (χ2v) is 7.56. The number of hydrogen-bond acceptors (Lipinski definition) is 7. The first-order valence-electron chi connectivity index (χ1n) is 9.89. The lowest BCUT2D eigenvalue weighted by molar-refractivity contribution is -0.102. The highest BCUT2D eigenvalue weighted by Gasteiger charge is 2.22. The van der Waals surface area contributed by atoms with Gasteiger partial charge in [-0.25, -0.2) is 4.98 Å². The van der Waals surface area contributed by atoms with Gasteiger partial charge in [0.1, 0.15) is 23.3 Å². The summed E-state index contributed by atoms with van der Waals surface area (Å²) in [5, 5.41) is 21.5. The number of aryl methyl sites for hydroxylation is 1. The minimum absolute atomic E-state index is 0.103. The molecule has 0 saturated carbocycles. The number of nitrogens with one attached hydrogen (secondary N) is 1. The van der Waals surface area contributed by atoms with E-state index < -0.39 is 11.7 Å². The molecule has 0 fully saturated rings. The molecule has 5 rings (SSSR count). The highest BCUT2D eigenvalue weighted by atomic mass is 16.5. The van der Waals surface area contributed by atoms with Crippen molar-refractivity contribution in [3.05, 3.63) is 73.0 Å². The number of benzene rings is 2. The number of carbonyl (C=O) groups is 1. The van der Waals surface area contributed by atoms with Crippen LogP contribution < -0.4 is 10.1 Å². The second kappa shape index (κ2) is 7.77. The summed E-state index contributed by atoms with van der Waals surface area (Å²) in [5.41, 5.74) is 3.04. The van der Waals surface area contributed by atoms with Gasteiger partial charge in [-0.3, -0.25) is 9.78 Å². The summed E-state index contributed by atoms with van der Waals surface area (Å²) in [5.74, 6) is -2.53. The molecule has 0 aliphatic carbocycles. The predicted octanol–water partition coefficient (Wildman–Crippen LogP) is 2.67. The lowest BCUT2D eigenvalue weighted by Gasteiger charge is -2.17. The van der Waals surface area contributed by atoms with Crippen molar-refractivity contribution in [3.63, 3.8) is 0 Å². The zero-order valence-electron chi connectivity index (χ0n) is 17.4. The van der Waals surface area contributed by atoms with E-state index in [1.54, 1.807) is 36.8 Å². The van der Waals surface area contributed by atoms with Gasteiger partial charge in [0.2, 0.25) is 0 Å². The normalized spacial score (nSPS) is 11.7. The third-order valence-electron chi connectivity index (χ3n) is 5.02. The van der Waals surface area contributed by atoms with Crippen molar-refractivity contribution in [3.8, 4) is 22.8 Å². The number of aromatic nitrogens is 3. The number of amides is 1. The van der Waals surface area contributed by atoms with Gasteiger partial charge in [0.25, 0.3) is 5.91 Å². The molecule has 9 nitrogen and oxygen atoms in total. The van der Waals surface area contributed by atoms with E-state index in [9.17, 15) is 15.0 Å². The molecular formula is C23H17BN4O5. The molecule has 0 atom stereocenters. The predicted molar refractivity (Wildman–Crippen MR) is 121 cm³/mol. The van der Waals surface area contributed by atoms with Crippen LogP contribution >= 0.6 is 0 Å². The highest BCUT2D eigenvalue weighted by molar-refractivity contribution is 6.16. The van der Waals surface area contributed by atoms with Crippen LogP contribution in [0, 0.1) is 0 Å². The minimum Gasteiger partial charge on any atom is -0.463 e. The van der Waals surface area contributed by atoms with Crippen molar-refractivity contribution in [2.75, 3.05) is 0 Å². The van der Waals surface area contributed by atoms with Crippen LogP contribution in [0.1, 0.15) is 10.4 Å². The van der Waals surface area contributed by atoms with Gasteiger partial charge in [0, 0.05) is 41.8 Å². The molecule has 33 heavy (non-hydrogen) atoms. The standard InChI is InChI=1S/C23H17BN4O5/c1-28-10-19(26-12-28)13-2-4-16-18(8-13)25-7-6-20(16)33-14-3-5-15-17(11-32-21(15)9-14)22(29)27-23(24,30)31/h2-12,30-31H,1H3,(H,27,29). The van der Waals surface area contributed by atoms with Gasteiger partial charge in [-0.05, 0) is 30.3 Å². The molecule has 10 heteroatoms. The van der Waals surface area contributed by atoms with Crippen LogP contribution in [0.3, 0.4) is 0 Å². The zero-order chi connectivity index (χ0) is 23.2. The third kappa shape index (κ3) is 4.17. The van der Waals surface area contributed by atoms with Crippen LogP contribution in [0.15, 0.2) is 71.9 Å². The number of pyridine rings is 1. The van der Waals surface area contributed by atoms with E-state index in [1.165, 1.54) is 6.26 Å². The molecule has 0 unspecified atom stereocenters. The molecule has 3 heterocycles. The summed E-state index contributed by atoms with van der Waals surface area (Å²) in [6.07, 6.45) is 6.54. The summed E-state index contributed by atoms with van der Waals surface area (Å²) >= 11 is 0. The largest absolute Gasteiger partial charge is 0.463 e. The van der Waals surface area contributed by atoms with Gasteiger partial charge in [-0.15, -0.1) is 0 Å². The molecule has 2 aromatic carbocycles. The van der Waals surface area contributed by atoms with E-state index in [0.29, 0.717) is 22.5 Å². The fourth-order valence-corrected chi connectivity index (χ4v) is 3.54. The van der Waals surface area contributed by atoms with Crippen molar-refractivity contribution in [2.45, 2.75) is 5.81 Å². The number of aliphatic hydroxyl groups is 2. The fourth-order valence-electron chi connectivity index (χ4n) is 3.54. The summed E-state index contributed by atoms with van der Waals surface area (Å²) in [6.45, 7) is 0. The van der Waals surface area contributed by atoms with Crippen molar-refractivity contribution in [1.82, 2.24) is 19.9 Å². The summed E-state index contributed by atoms with van der Waals surface area (Å²) < 4.78 is 13.4. The van der Waals surface area contributed by atoms with Gasteiger partial charge >= 0.3 is 0 Å². The first kappa shape index (κ1) is 20.7. The first-order chi connectivity index (χ1) is 15.8. The number of rotatable bonds is 5. The Hall–Kier alpha value is -4.15. The Kier molecular flexibility index (Phi) is 4.88. The molecule has 1 amide bonds. The minimum atomic E-state index is -2.83. The second-order valence-electron chi connectivity index (χ2n) is 7.56. The third-order valence-corrected chi connectivity index (χ3v) is 5.02. The molecule has 2 radical (unpaired) electrons. The number of furan rings is 1. The summed E-state index contributed by atoms with van der Waals surface area (Å²) in [4.78, 5) is 21.0. The maximum atomic E-state index is 12.2. The van der Waals surface area contributed by atoms with Gasteiger partial charge in [0.05, 0.1) is 23.1 Å². The van der Waals surface area contributed by atoms with Crippen molar-refractivity contribution >= 4 is 35.6 Å². The van der Waals surface area contributed by atoms with Crippen LogP contribution in [0.5, 0.6) is 11.5 Å². The van der Waals surface area contributed by atoms with Crippen molar-refractivity contribution in [1.29, 1.82) is 0 Å². The van der Waals surface area contributed by atoms with Gasteiger partial charge in [0.15, 0.2) is 13.7 Å². The maximum absolute atomic E-state index is 12.2. The van der Waals surface area contributed by atoms with Crippen molar-refractivity contribution in [2.24, 2.45) is 7.05 Å². The monoisotopic (exact) mass is 440 g/mol. The van der Waals surface area contributed by atoms with Crippen LogP contribution in [0.2, 0.25) is 0 Å². The lowest BCUT2D eigenvalue weighted by atomic mass is 10.0. The fraction of sp³-hybridized carbons (Fsp3) is 0.0870. The van der Waals surface area contributed by atoms with E-state index in [0.717, 1.165) is 22.2 Å². The molecule has 0 aliphatic rings. The molecular weight excluding hydrogens is 423 g/mol. The Balaban J connectivity index is 1.44. The Labute approximate surface area is 188 Å². The van der Waals surface area contributed by atoms with E-state index >= 15 is 0 Å². The molecule has 0 bridgehead atoms. The molecule has 162 valence electrons. The Morgan fingerprint density at radius 2 is 1.97 bits per heavy atom. The number of nitrogens with zero attached hydrogens (tertiary/aromatic N) is 3. The number of hydrogen-bond donors (Lipinski definition) is 3. The zero-order valence-corrected chi connectivity index (χ0v) is 17.4. The molecule has 3 aromatic heterocycles. The molecule has 3 N–H and O–H groups in total. The van der Waals surface area contributed by atoms with Gasteiger partial charge in [-0.1, -0.05) is 6.07 Å². The van der Waals surface area contributed by atoms with E-state index in [4.69, 9.17) is 17.0 Å².